The van der Waals surface area contributed by atoms with Crippen molar-refractivity contribution in [1.29, 1.82) is 0 Å². The predicted octanol–water partition coefficient (Wildman–Crippen LogP) is 6.47. The Labute approximate surface area is 197 Å². The molecular weight excluding hydrogens is 473 g/mol. The van der Waals surface area contributed by atoms with Gasteiger partial charge in [-0.25, -0.2) is 0 Å². The molecule has 1 aliphatic carbocycles. The van der Waals surface area contributed by atoms with Crippen LogP contribution in [-0.4, -0.2) is 65.7 Å². The van der Waals surface area contributed by atoms with Crippen LogP contribution in [-0.2, 0) is 0 Å². The number of thioether (sulfide) groups is 6. The Morgan fingerprint density at radius 1 is 0.769 bits per heavy atom. The van der Waals surface area contributed by atoms with Gasteiger partial charge in [0.2, 0.25) is 0 Å². The molecule has 26 heavy (non-hydrogen) atoms. The van der Waals surface area contributed by atoms with Crippen LogP contribution >= 0.6 is 95.8 Å². The summed E-state index contributed by atoms with van der Waals surface area (Å²) in [4.78, 5) is 0. The van der Waals surface area contributed by atoms with Gasteiger partial charge in [0.25, 0.3) is 0 Å². The van der Waals surface area contributed by atoms with Crippen LogP contribution in [0.15, 0.2) is 0 Å². The van der Waals surface area contributed by atoms with Crippen LogP contribution in [0.1, 0.15) is 25.7 Å². The highest BCUT2D eigenvalue weighted by Gasteiger charge is 2.41. The number of rotatable bonds is 8. The van der Waals surface area contributed by atoms with Gasteiger partial charge in [0.05, 0.1) is 9.16 Å². The van der Waals surface area contributed by atoms with E-state index in [2.05, 4.69) is 108 Å². The molecule has 1 saturated carbocycles. The van der Waals surface area contributed by atoms with Crippen LogP contribution in [0.2, 0.25) is 0 Å². The van der Waals surface area contributed by atoms with Gasteiger partial charge < -0.3 is 0 Å². The summed E-state index contributed by atoms with van der Waals surface area (Å²) in [5, 5.41) is 3.23. The van der Waals surface area contributed by atoms with Gasteiger partial charge in [0.15, 0.2) is 0 Å². The van der Waals surface area contributed by atoms with Gasteiger partial charge in [-0.15, -0.1) is 47.0 Å². The van der Waals surface area contributed by atoms with E-state index in [4.69, 9.17) is 0 Å². The molecule has 0 spiro atoms. The van der Waals surface area contributed by atoms with Crippen molar-refractivity contribution in [3.05, 3.63) is 0 Å². The van der Waals surface area contributed by atoms with Crippen LogP contribution in [0.4, 0.5) is 0 Å². The zero-order chi connectivity index (χ0) is 18.5. The molecule has 0 aromatic heterocycles. The molecule has 6 atom stereocenters. The lowest BCUT2D eigenvalue weighted by Crippen LogP contribution is -2.34. The van der Waals surface area contributed by atoms with E-state index in [1.165, 1.54) is 37.2 Å². The van der Waals surface area contributed by atoms with Crippen LogP contribution in [0.25, 0.3) is 0 Å². The Hall–Kier alpha value is 2.80. The molecular formula is C18H32S8. The monoisotopic (exact) mass is 504 g/mol. The minimum Gasteiger partial charge on any atom is -0.178 e. The molecule has 0 radical (unpaired) electrons. The number of hydrogen-bond acceptors (Lipinski definition) is 8. The molecule has 8 heteroatoms. The van der Waals surface area contributed by atoms with E-state index in [1.807, 2.05) is 0 Å². The van der Waals surface area contributed by atoms with Crippen molar-refractivity contribution >= 4 is 95.8 Å². The van der Waals surface area contributed by atoms with E-state index in [-0.39, 0.29) is 0 Å². The molecule has 152 valence electrons. The predicted molar refractivity (Wildman–Crippen MR) is 143 cm³/mol. The fraction of sp³-hybridized carbons (Fsp3) is 1.00. The lowest BCUT2D eigenvalue weighted by Gasteiger charge is -2.39. The van der Waals surface area contributed by atoms with Gasteiger partial charge >= 0.3 is 0 Å². The van der Waals surface area contributed by atoms with Crippen LogP contribution in [0, 0.1) is 11.8 Å². The summed E-state index contributed by atoms with van der Waals surface area (Å²) in [6.07, 6.45) is 10.5. The average Bonchev–Trinajstić information content (AvgIpc) is 3.34. The minimum atomic E-state index is 0.774. The summed E-state index contributed by atoms with van der Waals surface area (Å²) >= 11 is 22.2. The topological polar surface area (TPSA) is 0 Å². The first-order valence-corrected chi connectivity index (χ1v) is 17.3. The molecule has 3 aliphatic rings. The summed E-state index contributed by atoms with van der Waals surface area (Å²) in [5.74, 6) is 6.57. The van der Waals surface area contributed by atoms with Crippen molar-refractivity contribution in [2.24, 2.45) is 11.8 Å². The lowest BCUT2D eigenvalue weighted by atomic mass is 9.79. The highest BCUT2D eigenvalue weighted by atomic mass is 32.2. The van der Waals surface area contributed by atoms with Crippen molar-refractivity contribution in [2.75, 3.05) is 35.5 Å². The van der Waals surface area contributed by atoms with Crippen molar-refractivity contribution < 1.29 is 0 Å². The third kappa shape index (κ3) is 5.94. The highest BCUT2D eigenvalue weighted by Crippen LogP contribution is 2.51. The summed E-state index contributed by atoms with van der Waals surface area (Å²) in [7, 11) is 0. The Kier molecular flexibility index (Phi) is 10.8. The van der Waals surface area contributed by atoms with E-state index >= 15 is 0 Å². The normalized spacial score (nSPS) is 40.6. The van der Waals surface area contributed by atoms with Gasteiger partial charge in [-0.05, 0) is 50.0 Å². The molecule has 0 aromatic carbocycles. The maximum Gasteiger partial charge on any atom is 0.0627 e. The molecule has 2 aliphatic heterocycles. The molecule has 6 unspecified atom stereocenters. The Balaban J connectivity index is 1.51. The molecule has 2 heterocycles. The van der Waals surface area contributed by atoms with Crippen LogP contribution < -0.4 is 0 Å². The summed E-state index contributed by atoms with van der Waals surface area (Å²) in [6, 6.07) is 0. The lowest BCUT2D eigenvalue weighted by molar-refractivity contribution is 0.272. The van der Waals surface area contributed by atoms with Gasteiger partial charge in [-0.1, -0.05) is 0 Å². The van der Waals surface area contributed by atoms with E-state index < -0.39 is 0 Å². The first-order chi connectivity index (χ1) is 12.7. The Bertz CT molecular complexity index is 376. The molecule has 3 fully saturated rings. The van der Waals surface area contributed by atoms with Gasteiger partial charge in [0, 0.05) is 44.0 Å². The molecule has 0 bridgehead atoms. The van der Waals surface area contributed by atoms with Crippen LogP contribution in [0.3, 0.4) is 0 Å². The largest absolute Gasteiger partial charge is 0.178 e. The smallest absolute Gasteiger partial charge is 0.0627 e. The van der Waals surface area contributed by atoms with Crippen molar-refractivity contribution in [3.63, 3.8) is 0 Å². The fourth-order valence-corrected chi connectivity index (χ4v) is 16.1. The Morgan fingerprint density at radius 2 is 1.15 bits per heavy atom. The maximum atomic E-state index is 4.53. The van der Waals surface area contributed by atoms with E-state index in [9.17, 15) is 0 Å². The van der Waals surface area contributed by atoms with Gasteiger partial charge in [0.1, 0.15) is 0 Å². The fourth-order valence-electron chi connectivity index (χ4n) is 4.33. The summed E-state index contributed by atoms with van der Waals surface area (Å²) in [5.41, 5.74) is 0. The molecule has 2 saturated heterocycles. The first kappa shape index (κ1) is 23.5. The number of thiol groups is 2. The summed E-state index contributed by atoms with van der Waals surface area (Å²) in [6.45, 7) is 0. The second-order valence-corrected chi connectivity index (χ2v) is 16.0. The first-order valence-electron chi connectivity index (χ1n) is 9.51. The van der Waals surface area contributed by atoms with E-state index in [0.717, 1.165) is 53.5 Å². The molecule has 3 rings (SSSR count). The molecule has 0 nitrogen and oxygen atoms in total. The zero-order valence-electron chi connectivity index (χ0n) is 15.6. The van der Waals surface area contributed by atoms with Gasteiger partial charge in [-0.2, -0.15) is 48.8 Å². The van der Waals surface area contributed by atoms with Crippen LogP contribution in [0.5, 0.6) is 0 Å². The third-order valence-electron chi connectivity index (χ3n) is 5.78. The third-order valence-corrected chi connectivity index (χ3v) is 17.1. The molecule has 0 N–H and O–H groups in total. The average molecular weight is 505 g/mol. The Morgan fingerprint density at radius 3 is 1.42 bits per heavy atom. The maximum absolute atomic E-state index is 4.53. The summed E-state index contributed by atoms with van der Waals surface area (Å²) < 4.78 is 1.61. The van der Waals surface area contributed by atoms with E-state index in [1.54, 1.807) is 0 Å². The van der Waals surface area contributed by atoms with Gasteiger partial charge in [-0.3, -0.25) is 0 Å². The molecule has 0 aromatic rings. The quantitative estimate of drug-likeness (QED) is 0.361. The second kappa shape index (κ2) is 12.0. The number of hydrogen-bond donors (Lipinski definition) is 2. The second-order valence-electron chi connectivity index (χ2n) is 7.36. The van der Waals surface area contributed by atoms with Crippen molar-refractivity contribution in [3.8, 4) is 0 Å². The SMILES string of the molecule is CSC(C1CCC(C(SC)C2SCC(CS)S2)CC1)C1SCC(CS)S1. The minimum absolute atomic E-state index is 0.774. The van der Waals surface area contributed by atoms with Crippen molar-refractivity contribution in [1.82, 2.24) is 0 Å². The standard InChI is InChI=1S/C18H32S8/c1-21-15(17-23-9-13(7-19)25-17)11-3-5-12(6-4-11)16(22-2)18-24-10-14(8-20)26-18/h11-20H,3-10H2,1-2H3. The van der Waals surface area contributed by atoms with E-state index in [0.29, 0.717) is 0 Å². The highest BCUT2D eigenvalue weighted by molar-refractivity contribution is 8.22. The zero-order valence-corrected chi connectivity index (χ0v) is 22.3. The van der Waals surface area contributed by atoms with Crippen molar-refractivity contribution in [2.45, 2.75) is 55.8 Å². The molecule has 0 amide bonds.